The molecule has 4 nitrogen and oxygen atoms in total. The van der Waals surface area contributed by atoms with Gasteiger partial charge in [0.25, 0.3) is 6.43 Å². The van der Waals surface area contributed by atoms with E-state index in [1.807, 2.05) is 0 Å². The van der Waals surface area contributed by atoms with E-state index < -0.39 is 36.4 Å². The number of carbonyl (C=O) groups is 2. The quantitative estimate of drug-likeness (QED) is 0.558. The summed E-state index contributed by atoms with van der Waals surface area (Å²) in [5.41, 5.74) is -3.44. The fraction of sp³-hybridized carbons (Fsp3) is 0.500. The van der Waals surface area contributed by atoms with Crippen molar-refractivity contribution in [3.8, 4) is 0 Å². The maximum atomic E-state index is 12.5. The molecule has 0 aliphatic rings. The molecule has 98 valence electrons. The summed E-state index contributed by atoms with van der Waals surface area (Å²) in [6, 6.07) is 0. The van der Waals surface area contributed by atoms with E-state index in [9.17, 15) is 36.6 Å². The summed E-state index contributed by atoms with van der Waals surface area (Å²) in [6.07, 6.45) is -9.72. The van der Waals surface area contributed by atoms with Crippen LogP contribution in [0, 0.1) is 0 Å². The third-order valence-corrected chi connectivity index (χ3v) is 1.80. The van der Waals surface area contributed by atoms with Gasteiger partial charge in [0.2, 0.25) is 0 Å². The molecule has 0 spiro atoms. The van der Waals surface area contributed by atoms with Gasteiger partial charge in [-0.15, -0.1) is 6.58 Å². The molecule has 0 aromatic carbocycles. The first-order chi connectivity index (χ1) is 7.58. The molecule has 1 unspecified atom stereocenters. The van der Waals surface area contributed by atoms with Crippen LogP contribution in [0.15, 0.2) is 12.7 Å². The van der Waals surface area contributed by atoms with Crippen molar-refractivity contribution in [3.63, 3.8) is 0 Å². The lowest BCUT2D eigenvalue weighted by Crippen LogP contribution is -2.65. The zero-order chi connectivity index (χ0) is 13.9. The number of nitrogens with one attached hydrogen (secondary N) is 1. The van der Waals surface area contributed by atoms with Crippen LogP contribution in [0.5, 0.6) is 0 Å². The van der Waals surface area contributed by atoms with Crippen molar-refractivity contribution in [1.29, 1.82) is 0 Å². The molecule has 0 aromatic heterocycles. The van der Waals surface area contributed by atoms with E-state index in [2.05, 4.69) is 6.58 Å². The fourth-order valence-electron chi connectivity index (χ4n) is 0.919. The molecule has 0 heterocycles. The zero-order valence-electron chi connectivity index (χ0n) is 8.18. The summed E-state index contributed by atoms with van der Waals surface area (Å²) in [6.45, 7) is 2.92. The molecule has 0 aliphatic heterocycles. The molecular weight excluding hydrogens is 253 g/mol. The lowest BCUT2D eigenvalue weighted by atomic mass is 9.95. The van der Waals surface area contributed by atoms with Crippen molar-refractivity contribution in [1.82, 2.24) is 5.32 Å². The van der Waals surface area contributed by atoms with Crippen LogP contribution in [0.2, 0.25) is 0 Å². The summed E-state index contributed by atoms with van der Waals surface area (Å²) < 4.78 is 60.5. The highest BCUT2D eigenvalue weighted by Crippen LogP contribution is 2.23. The Hall–Kier alpha value is -1.67. The van der Waals surface area contributed by atoms with E-state index in [4.69, 9.17) is 0 Å². The summed E-state index contributed by atoms with van der Waals surface area (Å²) >= 11 is 0. The Bertz CT molecular complexity index is 328. The number of carboxylic acids is 1. The first-order valence-electron chi connectivity index (χ1n) is 4.07. The fourth-order valence-corrected chi connectivity index (χ4v) is 0.919. The number of amides is 1. The molecule has 0 saturated heterocycles. The van der Waals surface area contributed by atoms with E-state index in [0.29, 0.717) is 6.08 Å². The lowest BCUT2D eigenvalue weighted by Gasteiger charge is -2.34. The standard InChI is InChI=1S/C8H8F5NO3/c1-2-3-7(4(9)10,6(16)17)14-5(15)8(11,12)13/h2,4H,1,3H2,(H,14,15)(H,16,17)/p-1. The van der Waals surface area contributed by atoms with Crippen LogP contribution < -0.4 is 10.4 Å². The van der Waals surface area contributed by atoms with Crippen molar-refractivity contribution in [2.24, 2.45) is 0 Å². The number of hydrogen-bond acceptors (Lipinski definition) is 3. The minimum Gasteiger partial charge on any atom is -0.547 e. The van der Waals surface area contributed by atoms with Crippen molar-refractivity contribution in [2.75, 3.05) is 0 Å². The van der Waals surface area contributed by atoms with E-state index >= 15 is 0 Å². The van der Waals surface area contributed by atoms with Crippen LogP contribution in [0.4, 0.5) is 22.0 Å². The molecule has 0 fully saturated rings. The molecule has 0 rings (SSSR count). The molecule has 9 heteroatoms. The van der Waals surface area contributed by atoms with Crippen LogP contribution in [0.1, 0.15) is 6.42 Å². The summed E-state index contributed by atoms with van der Waals surface area (Å²) in [5.74, 6) is -5.31. The molecule has 1 N–H and O–H groups in total. The molecule has 1 atom stereocenters. The maximum absolute atomic E-state index is 12.5. The second-order valence-electron chi connectivity index (χ2n) is 3.00. The van der Waals surface area contributed by atoms with E-state index in [1.54, 1.807) is 0 Å². The Morgan fingerprint density at radius 1 is 1.35 bits per heavy atom. The monoisotopic (exact) mass is 260 g/mol. The smallest absolute Gasteiger partial charge is 0.471 e. The lowest BCUT2D eigenvalue weighted by molar-refractivity contribution is -0.318. The highest BCUT2D eigenvalue weighted by Gasteiger charge is 2.48. The number of rotatable bonds is 5. The molecule has 0 bridgehead atoms. The topological polar surface area (TPSA) is 69.2 Å². The van der Waals surface area contributed by atoms with Crippen molar-refractivity contribution in [3.05, 3.63) is 12.7 Å². The Kier molecular flexibility index (Phi) is 4.60. The largest absolute Gasteiger partial charge is 0.547 e. The number of halogens is 5. The molecule has 17 heavy (non-hydrogen) atoms. The van der Waals surface area contributed by atoms with Gasteiger partial charge < -0.3 is 15.2 Å². The zero-order valence-corrected chi connectivity index (χ0v) is 8.18. The van der Waals surface area contributed by atoms with Gasteiger partial charge >= 0.3 is 12.1 Å². The van der Waals surface area contributed by atoms with Gasteiger partial charge in [-0.05, 0) is 6.42 Å². The van der Waals surface area contributed by atoms with Gasteiger partial charge in [0.15, 0.2) is 0 Å². The average Bonchev–Trinajstić information content (AvgIpc) is 2.14. The third kappa shape index (κ3) is 3.40. The van der Waals surface area contributed by atoms with Gasteiger partial charge in [-0.1, -0.05) is 6.08 Å². The number of hydrogen-bond donors (Lipinski definition) is 1. The Balaban J connectivity index is 5.26. The highest BCUT2D eigenvalue weighted by molar-refractivity contribution is 5.89. The molecule has 0 aromatic rings. The second kappa shape index (κ2) is 5.11. The van der Waals surface area contributed by atoms with Crippen LogP contribution in [-0.2, 0) is 9.59 Å². The van der Waals surface area contributed by atoms with Crippen LogP contribution in [-0.4, -0.2) is 30.0 Å². The van der Waals surface area contributed by atoms with Gasteiger partial charge in [-0.3, -0.25) is 4.79 Å². The molecular formula is C8H7F5NO3-. The highest BCUT2D eigenvalue weighted by atomic mass is 19.4. The second-order valence-corrected chi connectivity index (χ2v) is 3.00. The van der Waals surface area contributed by atoms with Crippen LogP contribution >= 0.6 is 0 Å². The predicted molar refractivity (Wildman–Crippen MR) is 42.8 cm³/mol. The number of alkyl halides is 5. The van der Waals surface area contributed by atoms with Gasteiger partial charge in [0.1, 0.15) is 5.54 Å². The minimum absolute atomic E-state index is 0.638. The van der Waals surface area contributed by atoms with Gasteiger partial charge in [-0.25, -0.2) is 8.78 Å². The summed E-state index contributed by atoms with van der Waals surface area (Å²) in [7, 11) is 0. The van der Waals surface area contributed by atoms with Crippen molar-refractivity contribution in [2.45, 2.75) is 24.6 Å². The number of carboxylic acid groups (broad SMARTS) is 1. The maximum Gasteiger partial charge on any atom is 0.471 e. The minimum atomic E-state index is -5.48. The van der Waals surface area contributed by atoms with Gasteiger partial charge in [0.05, 0.1) is 5.97 Å². The number of carbonyl (C=O) groups excluding carboxylic acids is 2. The van der Waals surface area contributed by atoms with E-state index in [1.165, 1.54) is 0 Å². The summed E-state index contributed by atoms with van der Waals surface area (Å²) in [4.78, 5) is 21.0. The first-order valence-corrected chi connectivity index (χ1v) is 4.07. The van der Waals surface area contributed by atoms with Crippen LogP contribution in [0.3, 0.4) is 0 Å². The third-order valence-electron chi connectivity index (χ3n) is 1.80. The Labute approximate surface area is 92.1 Å². The predicted octanol–water partition coefficient (Wildman–Crippen LogP) is -0.00520. The molecule has 0 radical (unpaired) electrons. The average molecular weight is 260 g/mol. The molecule has 1 amide bonds. The number of aliphatic carboxylic acids is 1. The summed E-state index contributed by atoms with van der Waals surface area (Å²) in [5, 5.41) is 11.2. The van der Waals surface area contributed by atoms with Gasteiger partial charge in [-0.2, -0.15) is 13.2 Å². The van der Waals surface area contributed by atoms with E-state index in [0.717, 1.165) is 5.32 Å². The molecule has 0 aliphatic carbocycles. The van der Waals surface area contributed by atoms with Crippen molar-refractivity contribution >= 4 is 11.9 Å². The van der Waals surface area contributed by atoms with Crippen LogP contribution in [0.25, 0.3) is 0 Å². The van der Waals surface area contributed by atoms with E-state index in [-0.39, 0.29) is 0 Å². The Morgan fingerprint density at radius 2 is 1.82 bits per heavy atom. The normalized spacial score (nSPS) is 15.2. The molecule has 0 saturated carbocycles. The van der Waals surface area contributed by atoms with Crippen molar-refractivity contribution < 1.29 is 36.6 Å². The van der Waals surface area contributed by atoms with Gasteiger partial charge in [0, 0.05) is 0 Å². The SMILES string of the molecule is C=CCC(NC(=O)C(F)(F)F)(C(=O)[O-])C(F)F. The first kappa shape index (κ1) is 15.3. The Morgan fingerprint density at radius 3 is 2.06 bits per heavy atom.